The van der Waals surface area contributed by atoms with E-state index in [1.54, 1.807) is 26.4 Å². The maximum atomic E-state index is 12.9. The van der Waals surface area contributed by atoms with Gasteiger partial charge in [0.05, 0.1) is 25.9 Å². The van der Waals surface area contributed by atoms with Crippen LogP contribution in [0.5, 0.6) is 11.5 Å². The lowest BCUT2D eigenvalue weighted by Crippen LogP contribution is -2.35. The van der Waals surface area contributed by atoms with Gasteiger partial charge in [-0.05, 0) is 40.9 Å². The first kappa shape index (κ1) is 17.7. The number of ether oxygens (including phenoxy) is 2. The van der Waals surface area contributed by atoms with Crippen LogP contribution in [0, 0.1) is 0 Å². The highest BCUT2D eigenvalue weighted by atomic mass is 79.9. The Morgan fingerprint density at radius 1 is 1.28 bits per heavy atom. The molecule has 3 rings (SSSR count). The molecule has 0 bridgehead atoms. The molecule has 134 valence electrons. The van der Waals surface area contributed by atoms with Gasteiger partial charge in [0, 0.05) is 42.1 Å². The summed E-state index contributed by atoms with van der Waals surface area (Å²) < 4.78 is 13.4. The molecule has 1 aromatic carbocycles. The maximum absolute atomic E-state index is 12.9. The molecular weight excluding hydrogens is 386 g/mol. The van der Waals surface area contributed by atoms with Gasteiger partial charge in [-0.2, -0.15) is 0 Å². The van der Waals surface area contributed by atoms with Gasteiger partial charge >= 0.3 is 6.03 Å². The molecule has 25 heavy (non-hydrogen) atoms. The third kappa shape index (κ3) is 3.46. The lowest BCUT2D eigenvalue weighted by Gasteiger charge is -2.26. The van der Waals surface area contributed by atoms with Crippen molar-refractivity contribution in [1.29, 1.82) is 0 Å². The lowest BCUT2D eigenvalue weighted by molar-refractivity contribution is 0.205. The molecule has 1 aliphatic heterocycles. The Balaban J connectivity index is 1.81. The van der Waals surface area contributed by atoms with Gasteiger partial charge in [-0.1, -0.05) is 0 Å². The molecule has 1 aromatic heterocycles. The van der Waals surface area contributed by atoms with Crippen LogP contribution in [0.15, 0.2) is 34.9 Å². The topological polar surface area (TPSA) is 55.7 Å². The zero-order chi connectivity index (χ0) is 18.0. The second kappa shape index (κ2) is 7.39. The standard InChI is InChI=1S/C18H22BrN3O3/c1-21-8-4-6-14(21)15-7-5-9-22(15)18(23)20-13-11-17(25-3)16(24-2)10-12(13)19/h4,6,8,10-11,15H,5,7,9H2,1-3H3,(H,20,23)/t15-/m0/s1. The largest absolute Gasteiger partial charge is 0.493 e. The second-order valence-electron chi connectivity index (χ2n) is 6.01. The Labute approximate surface area is 155 Å². The normalized spacial score (nSPS) is 16.8. The van der Waals surface area contributed by atoms with E-state index in [2.05, 4.69) is 31.9 Å². The number of carbonyl (C=O) groups excluding carboxylic acids is 1. The van der Waals surface area contributed by atoms with Gasteiger partial charge in [-0.25, -0.2) is 4.79 Å². The molecule has 1 aliphatic rings. The fraction of sp³-hybridized carbons (Fsp3) is 0.389. The van der Waals surface area contributed by atoms with Gasteiger partial charge in [0.2, 0.25) is 0 Å². The fourth-order valence-electron chi connectivity index (χ4n) is 3.27. The maximum Gasteiger partial charge on any atom is 0.322 e. The van der Waals surface area contributed by atoms with Gasteiger partial charge in [-0.3, -0.25) is 0 Å². The average molecular weight is 408 g/mol. The number of nitrogens with zero attached hydrogens (tertiary/aromatic N) is 2. The zero-order valence-electron chi connectivity index (χ0n) is 14.6. The highest BCUT2D eigenvalue weighted by Crippen LogP contribution is 2.37. The molecule has 1 atom stereocenters. The molecule has 1 N–H and O–H groups in total. The first-order valence-corrected chi connectivity index (χ1v) is 8.94. The molecule has 2 heterocycles. The molecule has 0 saturated carbocycles. The van der Waals surface area contributed by atoms with Crippen molar-refractivity contribution in [3.8, 4) is 11.5 Å². The number of benzene rings is 1. The number of rotatable bonds is 4. The van der Waals surface area contributed by atoms with Crippen LogP contribution in [-0.4, -0.2) is 36.3 Å². The van der Waals surface area contributed by atoms with E-state index in [-0.39, 0.29) is 12.1 Å². The number of nitrogens with one attached hydrogen (secondary N) is 1. The Morgan fingerprint density at radius 2 is 2.00 bits per heavy atom. The number of aromatic nitrogens is 1. The molecule has 0 spiro atoms. The Hall–Kier alpha value is -2.15. The summed E-state index contributed by atoms with van der Waals surface area (Å²) in [6.45, 7) is 0.743. The van der Waals surface area contributed by atoms with E-state index in [1.165, 1.54) is 0 Å². The summed E-state index contributed by atoms with van der Waals surface area (Å²) in [6.07, 6.45) is 3.98. The number of halogens is 1. The predicted octanol–water partition coefficient (Wildman–Crippen LogP) is 4.17. The SMILES string of the molecule is COc1cc(Br)c(NC(=O)N2CCC[C@H]2c2cccn2C)cc1OC. The van der Waals surface area contributed by atoms with Crippen molar-refractivity contribution in [2.45, 2.75) is 18.9 Å². The molecule has 7 heteroatoms. The van der Waals surface area contributed by atoms with E-state index in [0.717, 1.165) is 29.6 Å². The molecule has 1 saturated heterocycles. The minimum absolute atomic E-state index is 0.0962. The Morgan fingerprint density at radius 3 is 2.64 bits per heavy atom. The summed E-state index contributed by atoms with van der Waals surface area (Å²) in [5, 5.41) is 2.98. The minimum Gasteiger partial charge on any atom is -0.493 e. The summed E-state index contributed by atoms with van der Waals surface area (Å²) in [4.78, 5) is 14.7. The van der Waals surface area contributed by atoms with Crippen LogP contribution in [0.2, 0.25) is 0 Å². The molecule has 6 nitrogen and oxygen atoms in total. The highest BCUT2D eigenvalue weighted by Gasteiger charge is 2.31. The van der Waals surface area contributed by atoms with E-state index in [9.17, 15) is 4.79 Å². The van der Waals surface area contributed by atoms with Crippen LogP contribution in [0.3, 0.4) is 0 Å². The first-order chi connectivity index (χ1) is 12.0. The van der Waals surface area contributed by atoms with Gasteiger partial charge < -0.3 is 24.3 Å². The van der Waals surface area contributed by atoms with Crippen LogP contribution >= 0.6 is 15.9 Å². The quantitative estimate of drug-likeness (QED) is 0.826. The number of likely N-dealkylation sites (tertiary alicyclic amines) is 1. The van der Waals surface area contributed by atoms with Crippen molar-refractivity contribution in [2.24, 2.45) is 7.05 Å². The predicted molar refractivity (Wildman–Crippen MR) is 100 cm³/mol. The number of amides is 2. The Bertz CT molecular complexity index is 775. The lowest BCUT2D eigenvalue weighted by atomic mass is 10.1. The van der Waals surface area contributed by atoms with Crippen molar-refractivity contribution in [2.75, 3.05) is 26.1 Å². The summed E-state index contributed by atoms with van der Waals surface area (Å²) in [6, 6.07) is 7.61. The summed E-state index contributed by atoms with van der Waals surface area (Å²) in [5.41, 5.74) is 1.80. The monoisotopic (exact) mass is 407 g/mol. The van der Waals surface area contributed by atoms with E-state index in [1.807, 2.05) is 24.2 Å². The van der Waals surface area contributed by atoms with Crippen LogP contribution in [0.4, 0.5) is 10.5 Å². The number of carbonyl (C=O) groups is 1. The third-order valence-electron chi connectivity index (χ3n) is 4.55. The number of hydrogen-bond acceptors (Lipinski definition) is 3. The van der Waals surface area contributed by atoms with E-state index >= 15 is 0 Å². The van der Waals surface area contributed by atoms with Gasteiger partial charge in [-0.15, -0.1) is 0 Å². The third-order valence-corrected chi connectivity index (χ3v) is 5.21. The number of methoxy groups -OCH3 is 2. The molecule has 0 radical (unpaired) electrons. The fourth-order valence-corrected chi connectivity index (χ4v) is 3.70. The second-order valence-corrected chi connectivity index (χ2v) is 6.87. The van der Waals surface area contributed by atoms with Crippen LogP contribution in [0.25, 0.3) is 0 Å². The average Bonchev–Trinajstić information content (AvgIpc) is 3.24. The molecule has 0 aliphatic carbocycles. The van der Waals surface area contributed by atoms with Crippen molar-refractivity contribution in [3.05, 3.63) is 40.6 Å². The van der Waals surface area contributed by atoms with E-state index in [4.69, 9.17) is 9.47 Å². The van der Waals surface area contributed by atoms with E-state index in [0.29, 0.717) is 17.2 Å². The first-order valence-electron chi connectivity index (χ1n) is 8.15. The minimum atomic E-state index is -0.114. The molecule has 1 fully saturated rings. The molecular formula is C18H22BrN3O3. The number of urea groups is 1. The van der Waals surface area contributed by atoms with Crippen LogP contribution in [-0.2, 0) is 7.05 Å². The molecule has 2 amide bonds. The number of aryl methyl sites for hydroxylation is 1. The van der Waals surface area contributed by atoms with Crippen LogP contribution in [0.1, 0.15) is 24.6 Å². The Kier molecular flexibility index (Phi) is 5.22. The zero-order valence-corrected chi connectivity index (χ0v) is 16.2. The summed E-state index contributed by atoms with van der Waals surface area (Å²) >= 11 is 3.48. The van der Waals surface area contributed by atoms with Gasteiger partial charge in [0.15, 0.2) is 11.5 Å². The summed E-state index contributed by atoms with van der Waals surface area (Å²) in [5.74, 6) is 1.18. The smallest absolute Gasteiger partial charge is 0.322 e. The summed E-state index contributed by atoms with van der Waals surface area (Å²) in [7, 11) is 5.16. The highest BCUT2D eigenvalue weighted by molar-refractivity contribution is 9.10. The van der Waals surface area contributed by atoms with E-state index < -0.39 is 0 Å². The van der Waals surface area contributed by atoms with Crippen molar-refractivity contribution < 1.29 is 14.3 Å². The van der Waals surface area contributed by atoms with Crippen LogP contribution < -0.4 is 14.8 Å². The van der Waals surface area contributed by atoms with Crippen molar-refractivity contribution in [1.82, 2.24) is 9.47 Å². The number of anilines is 1. The molecule has 0 unspecified atom stereocenters. The molecule has 2 aromatic rings. The van der Waals surface area contributed by atoms with Crippen molar-refractivity contribution >= 4 is 27.6 Å². The number of hydrogen-bond donors (Lipinski definition) is 1. The van der Waals surface area contributed by atoms with Gasteiger partial charge in [0.25, 0.3) is 0 Å². The van der Waals surface area contributed by atoms with Crippen molar-refractivity contribution in [3.63, 3.8) is 0 Å². The van der Waals surface area contributed by atoms with Gasteiger partial charge in [0.1, 0.15) is 0 Å².